The summed E-state index contributed by atoms with van der Waals surface area (Å²) >= 11 is 0. The first-order valence-electron chi connectivity index (χ1n) is 6.00. The van der Waals surface area contributed by atoms with Crippen LogP contribution in [0, 0.1) is 13.0 Å². The molecule has 1 aromatic carbocycles. The third kappa shape index (κ3) is 2.73. The highest BCUT2D eigenvalue weighted by Crippen LogP contribution is 2.12. The summed E-state index contributed by atoms with van der Waals surface area (Å²) in [6, 6.07) is 8.02. The molecule has 1 aliphatic heterocycles. The van der Waals surface area contributed by atoms with Crippen molar-refractivity contribution in [3.8, 4) is 0 Å². The van der Waals surface area contributed by atoms with Gasteiger partial charge in [-0.3, -0.25) is 9.59 Å². The minimum Gasteiger partial charge on any atom is -0.336 e. The van der Waals surface area contributed by atoms with Crippen molar-refractivity contribution in [3.63, 3.8) is 0 Å². The maximum absolute atomic E-state index is 12.0. The van der Waals surface area contributed by atoms with Gasteiger partial charge in [0.2, 0.25) is 5.78 Å². The second kappa shape index (κ2) is 5.13. The van der Waals surface area contributed by atoms with Crippen LogP contribution in [0.5, 0.6) is 0 Å². The number of benzene rings is 1. The molecule has 0 N–H and O–H groups in total. The molecule has 1 radical (unpaired) electrons. The molecule has 0 spiro atoms. The van der Waals surface area contributed by atoms with E-state index in [-0.39, 0.29) is 5.91 Å². The molecule has 1 saturated heterocycles. The molecule has 1 fully saturated rings. The Morgan fingerprint density at radius 1 is 1.24 bits per heavy atom. The zero-order valence-electron chi connectivity index (χ0n) is 10.0. The van der Waals surface area contributed by atoms with E-state index < -0.39 is 5.78 Å². The number of carbonyl (C=O) groups excluding carboxylic acids is 2. The lowest BCUT2D eigenvalue weighted by molar-refractivity contribution is -0.127. The Hall–Kier alpha value is -1.64. The fourth-order valence-electron chi connectivity index (χ4n) is 2.09. The first-order valence-corrected chi connectivity index (χ1v) is 6.00. The highest BCUT2D eigenvalue weighted by molar-refractivity contribution is 6.42. The molecule has 1 aliphatic rings. The van der Waals surface area contributed by atoms with Crippen molar-refractivity contribution in [2.24, 2.45) is 0 Å². The zero-order chi connectivity index (χ0) is 12.3. The summed E-state index contributed by atoms with van der Waals surface area (Å²) in [5.74, 6) is -0.765. The summed E-state index contributed by atoms with van der Waals surface area (Å²) in [5.41, 5.74) is 1.35. The summed E-state index contributed by atoms with van der Waals surface area (Å²) in [5, 5.41) is 0. The molecule has 1 heterocycles. The molecular weight excluding hydrogens is 214 g/mol. The van der Waals surface area contributed by atoms with Gasteiger partial charge in [0, 0.05) is 18.7 Å². The number of piperidine rings is 1. The van der Waals surface area contributed by atoms with Crippen LogP contribution in [0.25, 0.3) is 0 Å². The van der Waals surface area contributed by atoms with Crippen LogP contribution in [0.1, 0.15) is 35.2 Å². The van der Waals surface area contributed by atoms with E-state index in [9.17, 15) is 9.59 Å². The predicted molar refractivity (Wildman–Crippen MR) is 64.8 cm³/mol. The summed E-state index contributed by atoms with van der Waals surface area (Å²) in [6.07, 6.45) is 3.15. The molecule has 17 heavy (non-hydrogen) atoms. The minimum atomic E-state index is -0.399. The Morgan fingerprint density at radius 3 is 2.59 bits per heavy atom. The number of amides is 1. The van der Waals surface area contributed by atoms with Gasteiger partial charge in [-0.15, -0.1) is 0 Å². The van der Waals surface area contributed by atoms with Crippen molar-refractivity contribution in [1.29, 1.82) is 0 Å². The molecular formula is C14H16NO2. The van der Waals surface area contributed by atoms with E-state index in [2.05, 4.69) is 6.07 Å². The normalized spacial score (nSPS) is 15.7. The van der Waals surface area contributed by atoms with E-state index in [0.717, 1.165) is 24.8 Å². The number of Topliss-reactive ketones (excluding diaryl/α,β-unsaturated/α-hetero) is 1. The largest absolute Gasteiger partial charge is 0.336 e. The third-order valence-corrected chi connectivity index (χ3v) is 3.05. The van der Waals surface area contributed by atoms with Gasteiger partial charge in [0.05, 0.1) is 0 Å². The van der Waals surface area contributed by atoms with E-state index >= 15 is 0 Å². The van der Waals surface area contributed by atoms with Crippen LogP contribution in [-0.2, 0) is 4.79 Å². The van der Waals surface area contributed by atoms with Crippen molar-refractivity contribution >= 4 is 11.7 Å². The Bertz CT molecular complexity index is 434. The molecule has 89 valence electrons. The topological polar surface area (TPSA) is 37.4 Å². The lowest BCUT2D eigenvalue weighted by Gasteiger charge is -2.25. The van der Waals surface area contributed by atoms with Gasteiger partial charge in [-0.25, -0.2) is 0 Å². The number of aryl methyl sites for hydroxylation is 1. The Labute approximate surface area is 101 Å². The minimum absolute atomic E-state index is 0.365. The fraction of sp³-hybridized carbons (Fsp3) is 0.429. The summed E-state index contributed by atoms with van der Waals surface area (Å²) in [7, 11) is 0. The Kier molecular flexibility index (Phi) is 3.57. The van der Waals surface area contributed by atoms with Crippen LogP contribution in [0.15, 0.2) is 18.2 Å². The zero-order valence-corrected chi connectivity index (χ0v) is 10.0. The maximum Gasteiger partial charge on any atom is 0.294 e. The molecule has 0 aromatic heterocycles. The van der Waals surface area contributed by atoms with Crippen LogP contribution in [0.4, 0.5) is 0 Å². The second-order valence-corrected chi connectivity index (χ2v) is 4.44. The van der Waals surface area contributed by atoms with Gasteiger partial charge in [0.1, 0.15) is 0 Å². The predicted octanol–water partition coefficient (Wildman–Crippen LogP) is 1.99. The van der Waals surface area contributed by atoms with Gasteiger partial charge in [-0.05, 0) is 43.9 Å². The molecule has 2 rings (SSSR count). The number of ketones is 1. The van der Waals surface area contributed by atoms with E-state index in [1.807, 2.05) is 6.92 Å². The lowest BCUT2D eigenvalue weighted by atomic mass is 10.1. The van der Waals surface area contributed by atoms with Crippen molar-refractivity contribution < 1.29 is 9.59 Å². The number of hydrogen-bond donors (Lipinski definition) is 0. The number of nitrogens with zero attached hydrogens (tertiary/aromatic N) is 1. The number of hydrogen-bond acceptors (Lipinski definition) is 2. The average Bonchev–Trinajstić information content (AvgIpc) is 2.38. The van der Waals surface area contributed by atoms with Gasteiger partial charge in [-0.1, -0.05) is 12.1 Å². The van der Waals surface area contributed by atoms with Crippen molar-refractivity contribution in [1.82, 2.24) is 4.90 Å². The van der Waals surface area contributed by atoms with Crippen molar-refractivity contribution in [3.05, 3.63) is 35.4 Å². The van der Waals surface area contributed by atoms with Gasteiger partial charge in [0.25, 0.3) is 5.91 Å². The summed E-state index contributed by atoms with van der Waals surface area (Å²) in [6.45, 7) is 3.28. The molecule has 3 nitrogen and oxygen atoms in total. The van der Waals surface area contributed by atoms with Gasteiger partial charge in [-0.2, -0.15) is 0 Å². The molecule has 0 bridgehead atoms. The Balaban J connectivity index is 2.11. The lowest BCUT2D eigenvalue weighted by Crippen LogP contribution is -2.40. The first-order chi connectivity index (χ1) is 8.18. The van der Waals surface area contributed by atoms with Crippen molar-refractivity contribution in [2.75, 3.05) is 13.1 Å². The summed E-state index contributed by atoms with van der Waals surface area (Å²) in [4.78, 5) is 25.6. The molecule has 3 heteroatoms. The third-order valence-electron chi connectivity index (χ3n) is 3.05. The van der Waals surface area contributed by atoms with Crippen LogP contribution < -0.4 is 0 Å². The van der Waals surface area contributed by atoms with E-state index in [1.165, 1.54) is 0 Å². The van der Waals surface area contributed by atoms with Crippen LogP contribution in [-0.4, -0.2) is 29.7 Å². The van der Waals surface area contributed by atoms with Crippen molar-refractivity contribution in [2.45, 2.75) is 26.2 Å². The van der Waals surface area contributed by atoms with E-state index in [4.69, 9.17) is 0 Å². The van der Waals surface area contributed by atoms with Crippen LogP contribution in [0.3, 0.4) is 0 Å². The Morgan fingerprint density at radius 2 is 1.94 bits per heavy atom. The van der Waals surface area contributed by atoms with Crippen LogP contribution in [0.2, 0.25) is 0 Å². The molecule has 1 aromatic rings. The fourth-order valence-corrected chi connectivity index (χ4v) is 2.09. The van der Waals surface area contributed by atoms with Gasteiger partial charge in [0.15, 0.2) is 0 Å². The maximum atomic E-state index is 12.0. The molecule has 0 unspecified atom stereocenters. The standard InChI is InChI=1S/C14H16NO2/c1-11-6-5-7-12(10-11)13(16)14(17)15-8-3-2-4-9-15/h5,7,10H,2-4,8-9H2,1H3. The first kappa shape index (κ1) is 11.8. The molecule has 0 saturated carbocycles. The van der Waals surface area contributed by atoms with Gasteiger partial charge >= 0.3 is 0 Å². The molecule has 1 amide bonds. The highest BCUT2D eigenvalue weighted by atomic mass is 16.2. The van der Waals surface area contributed by atoms with E-state index in [1.54, 1.807) is 23.1 Å². The van der Waals surface area contributed by atoms with E-state index in [0.29, 0.717) is 18.7 Å². The molecule has 0 aliphatic carbocycles. The van der Waals surface area contributed by atoms with Crippen LogP contribution >= 0.6 is 0 Å². The number of likely N-dealkylation sites (tertiary alicyclic amines) is 1. The highest BCUT2D eigenvalue weighted by Gasteiger charge is 2.24. The average molecular weight is 230 g/mol. The summed E-state index contributed by atoms with van der Waals surface area (Å²) < 4.78 is 0. The number of carbonyl (C=O) groups is 2. The SMILES string of the molecule is Cc1[c]ccc(C(=O)C(=O)N2CCCCC2)c1. The monoisotopic (exact) mass is 230 g/mol. The second-order valence-electron chi connectivity index (χ2n) is 4.44. The number of rotatable bonds is 2. The smallest absolute Gasteiger partial charge is 0.294 e. The quantitative estimate of drug-likeness (QED) is 0.575. The molecule has 0 atom stereocenters. The van der Waals surface area contributed by atoms with Gasteiger partial charge < -0.3 is 4.90 Å².